The Morgan fingerprint density at radius 2 is 1.56 bits per heavy atom. The summed E-state index contributed by atoms with van der Waals surface area (Å²) in [5.74, 6) is 0.625. The number of rotatable bonds is 13. The molecule has 0 spiro atoms. The summed E-state index contributed by atoms with van der Waals surface area (Å²) in [6.07, 6.45) is -0.771. The Morgan fingerprint density at radius 3 is 2.22 bits per heavy atom. The van der Waals surface area contributed by atoms with Gasteiger partial charge in [0.2, 0.25) is 15.8 Å². The number of hydrogen-bond donors (Lipinski definition) is 1. The summed E-state index contributed by atoms with van der Waals surface area (Å²) in [5.41, 5.74) is 3.79. The van der Waals surface area contributed by atoms with Crippen molar-refractivity contribution in [1.82, 2.24) is 24.9 Å². The second-order valence-electron chi connectivity index (χ2n) is 9.77. The largest absolute Gasteiger partial charge is 0.495 e. The number of tetrazole rings is 1. The van der Waals surface area contributed by atoms with Gasteiger partial charge in [0.25, 0.3) is 0 Å². The van der Waals surface area contributed by atoms with E-state index in [1.807, 2.05) is 48.5 Å². The molecule has 0 aliphatic carbocycles. The molecule has 0 saturated heterocycles. The first-order valence-corrected chi connectivity index (χ1v) is 16.7. The molecule has 16 heteroatoms. The van der Waals surface area contributed by atoms with Crippen LogP contribution in [-0.4, -0.2) is 40.5 Å². The van der Waals surface area contributed by atoms with Gasteiger partial charge in [-0.15, -0.1) is 19.7 Å². The van der Waals surface area contributed by atoms with Crippen molar-refractivity contribution in [2.45, 2.75) is 24.1 Å². The van der Waals surface area contributed by atoms with E-state index in [1.54, 1.807) is 18.2 Å². The van der Waals surface area contributed by atoms with Crippen LogP contribution < -0.4 is 4.74 Å². The Balaban J connectivity index is 1.45. The fraction of sp³-hybridized carbons (Fsp3) is 0.138. The Bertz CT molecular complexity index is 1930. The van der Waals surface area contributed by atoms with E-state index in [0.29, 0.717) is 17.0 Å². The second kappa shape index (κ2) is 13.9. The first kappa shape index (κ1) is 32.4. The number of H-pyrrole nitrogens is 1. The monoisotopic (exact) mass is 675 g/mol. The zero-order valence-electron chi connectivity index (χ0n) is 23.5. The van der Waals surface area contributed by atoms with Crippen LogP contribution in [0.4, 0.5) is 9.05 Å². The molecule has 1 N–H and O–H groups in total. The van der Waals surface area contributed by atoms with Crippen LogP contribution >= 0.6 is 19.2 Å². The van der Waals surface area contributed by atoms with Crippen molar-refractivity contribution < 1.29 is 36.2 Å². The van der Waals surface area contributed by atoms with Gasteiger partial charge in [-0.05, 0) is 66.3 Å². The molecule has 0 atom stereocenters. The van der Waals surface area contributed by atoms with Gasteiger partial charge >= 0.3 is 7.60 Å². The van der Waals surface area contributed by atoms with Crippen molar-refractivity contribution in [1.29, 1.82) is 0 Å². The number of sulfonamides is 1. The van der Waals surface area contributed by atoms with E-state index < -0.39 is 23.8 Å². The molecule has 11 nitrogen and oxygen atoms in total. The highest BCUT2D eigenvalue weighted by atomic mass is 35.5. The number of benzene rings is 4. The summed E-state index contributed by atoms with van der Waals surface area (Å²) >= 11 is 6.31. The number of para-hydroxylation sites is 1. The Morgan fingerprint density at radius 1 is 0.867 bits per heavy atom. The van der Waals surface area contributed by atoms with Crippen molar-refractivity contribution >= 4 is 29.2 Å². The highest BCUT2D eigenvalue weighted by Gasteiger charge is 2.31. The minimum Gasteiger partial charge on any atom is -0.495 e. The van der Waals surface area contributed by atoms with Gasteiger partial charge in [-0.2, -0.15) is 9.52 Å². The fourth-order valence-electron chi connectivity index (χ4n) is 4.61. The van der Waals surface area contributed by atoms with Crippen LogP contribution in [0.5, 0.6) is 5.75 Å². The van der Waals surface area contributed by atoms with Crippen LogP contribution in [0.3, 0.4) is 0 Å². The van der Waals surface area contributed by atoms with E-state index in [1.165, 1.54) is 35.7 Å². The lowest BCUT2D eigenvalue weighted by Gasteiger charge is -2.24. The number of aromatic amines is 1. The minimum atomic E-state index is -4.68. The third kappa shape index (κ3) is 7.44. The molecule has 0 fully saturated rings. The number of nitrogens with one attached hydrogen (secondary N) is 1. The third-order valence-corrected chi connectivity index (χ3v) is 10.2. The summed E-state index contributed by atoms with van der Waals surface area (Å²) in [4.78, 5) is -0.0359. The van der Waals surface area contributed by atoms with E-state index in [4.69, 9.17) is 16.3 Å². The van der Waals surface area contributed by atoms with Crippen LogP contribution in [0.25, 0.3) is 22.5 Å². The molecule has 5 aromatic rings. The zero-order valence-corrected chi connectivity index (χ0v) is 26.0. The van der Waals surface area contributed by atoms with Gasteiger partial charge in [0, 0.05) is 23.7 Å². The van der Waals surface area contributed by atoms with Gasteiger partial charge in [0.1, 0.15) is 10.6 Å². The lowest BCUT2D eigenvalue weighted by atomic mass is 10.0. The molecule has 45 heavy (non-hydrogen) atoms. The standard InChI is InChI=1S/C29H25ClF2N5O6PS/c1-41-27-7-2-3-8-28(27)45(39,40)37(18-21-11-14-25(26(30)15-21)19-44(38,42-31)43-32)17-20-9-12-22(13-10-20)23-5-4-6-24(16-23)29-33-35-36-34-29/h2-16H,17-19H2,1H3,(H,33,34,35,36). The van der Waals surface area contributed by atoms with Crippen molar-refractivity contribution in [3.8, 4) is 28.3 Å². The van der Waals surface area contributed by atoms with E-state index in [0.717, 1.165) is 16.7 Å². The Labute approximate surface area is 262 Å². The number of halogens is 3. The molecule has 4 aromatic carbocycles. The smallest absolute Gasteiger partial charge is 0.399 e. The van der Waals surface area contributed by atoms with Gasteiger partial charge in [0.05, 0.1) is 13.3 Å². The van der Waals surface area contributed by atoms with Crippen molar-refractivity contribution in [3.05, 3.63) is 113 Å². The molecule has 1 aromatic heterocycles. The quantitative estimate of drug-likeness (QED) is 0.130. The maximum absolute atomic E-state index is 14.0. The molecule has 0 unspecified atom stereocenters. The topological polar surface area (TPSA) is 137 Å². The van der Waals surface area contributed by atoms with E-state index in [9.17, 15) is 22.0 Å². The first-order valence-electron chi connectivity index (χ1n) is 13.2. The summed E-state index contributed by atoms with van der Waals surface area (Å²) in [7, 11) is -7.44. The molecule has 0 amide bonds. The second-order valence-corrected chi connectivity index (χ2v) is 13.9. The van der Waals surface area contributed by atoms with Crippen LogP contribution in [0, 0.1) is 0 Å². The van der Waals surface area contributed by atoms with Crippen molar-refractivity contribution in [2.24, 2.45) is 0 Å². The van der Waals surface area contributed by atoms with Crippen LogP contribution in [0.1, 0.15) is 16.7 Å². The molecule has 0 aliphatic rings. The van der Waals surface area contributed by atoms with Gasteiger partial charge in [-0.3, -0.25) is 4.57 Å². The molecule has 0 aliphatic heterocycles. The molecule has 0 radical (unpaired) electrons. The lowest BCUT2D eigenvalue weighted by Crippen LogP contribution is -2.30. The SMILES string of the molecule is COc1ccccc1S(=O)(=O)N(Cc1ccc(-c2cccc(-c3nn[nH]n3)c2)cc1)Cc1ccc(CP(=O)(OF)OF)c(Cl)c1. The molecular weight excluding hydrogens is 651 g/mol. The van der Waals surface area contributed by atoms with E-state index >= 15 is 0 Å². The van der Waals surface area contributed by atoms with Crippen LogP contribution in [0.2, 0.25) is 5.02 Å². The number of ether oxygens (including phenoxy) is 1. The summed E-state index contributed by atoms with van der Waals surface area (Å²) in [6.45, 7) is -0.157. The van der Waals surface area contributed by atoms with Crippen LogP contribution in [-0.2, 0) is 43.3 Å². The lowest BCUT2D eigenvalue weighted by molar-refractivity contribution is -0.0881. The van der Waals surface area contributed by atoms with E-state index in [-0.39, 0.29) is 34.3 Å². The van der Waals surface area contributed by atoms with Gasteiger partial charge in [0.15, 0.2) is 0 Å². The molecule has 5 rings (SSSR count). The number of methoxy groups -OCH3 is 1. The number of hydrogen-bond acceptors (Lipinski definition) is 9. The zero-order chi connectivity index (χ0) is 32.0. The fourth-order valence-corrected chi connectivity index (χ4v) is 7.36. The summed E-state index contributed by atoms with van der Waals surface area (Å²) in [6, 6.07) is 25.5. The number of nitrogens with zero attached hydrogens (tertiary/aromatic N) is 4. The average Bonchev–Trinajstić information content (AvgIpc) is 3.61. The Kier molecular flexibility index (Phi) is 10.0. The maximum Gasteiger partial charge on any atom is 0.399 e. The van der Waals surface area contributed by atoms with Gasteiger partial charge < -0.3 is 4.74 Å². The molecule has 0 bridgehead atoms. The number of aromatic nitrogens is 4. The highest BCUT2D eigenvalue weighted by Crippen LogP contribution is 2.53. The molecule has 1 heterocycles. The predicted molar refractivity (Wildman–Crippen MR) is 162 cm³/mol. The molecular formula is C29H25ClF2N5O6PS. The normalized spacial score (nSPS) is 12.0. The first-order chi connectivity index (χ1) is 21.7. The summed E-state index contributed by atoms with van der Waals surface area (Å²) < 4.78 is 78.1. The minimum absolute atomic E-state index is 0.0103. The van der Waals surface area contributed by atoms with Gasteiger partial charge in [-0.25, -0.2) is 8.42 Å². The maximum atomic E-state index is 14.0. The van der Waals surface area contributed by atoms with Crippen LogP contribution in [0.15, 0.2) is 95.9 Å². The average molecular weight is 676 g/mol. The van der Waals surface area contributed by atoms with Gasteiger partial charge in [-0.1, -0.05) is 78.3 Å². The summed E-state index contributed by atoms with van der Waals surface area (Å²) in [5, 5.41) is 14.1. The molecule has 0 saturated carbocycles. The third-order valence-electron chi connectivity index (χ3n) is 6.85. The Hall–Kier alpha value is -4.04. The van der Waals surface area contributed by atoms with E-state index in [2.05, 4.69) is 30.1 Å². The van der Waals surface area contributed by atoms with Crippen molar-refractivity contribution in [2.75, 3.05) is 7.11 Å². The predicted octanol–water partition coefficient (Wildman–Crippen LogP) is 7.08. The van der Waals surface area contributed by atoms with Crippen molar-refractivity contribution in [3.63, 3.8) is 0 Å². The molecule has 234 valence electrons. The highest BCUT2D eigenvalue weighted by molar-refractivity contribution is 7.89.